The first kappa shape index (κ1) is 12.2. The minimum Gasteiger partial charge on any atom is -0.465 e. The van der Waals surface area contributed by atoms with E-state index in [0.717, 1.165) is 10.9 Å². The Morgan fingerprint density at radius 2 is 2.00 bits per heavy atom. The lowest BCUT2D eigenvalue weighted by atomic mass is 10.1. The molecular weight excluding hydrogens is 202 g/mol. The number of aromatic nitrogens is 1. The van der Waals surface area contributed by atoms with Gasteiger partial charge >= 0.3 is 5.97 Å². The lowest BCUT2D eigenvalue weighted by Crippen LogP contribution is -2.00. The third-order valence-electron chi connectivity index (χ3n) is 2.02. The van der Waals surface area contributed by atoms with Crippen LogP contribution >= 0.6 is 0 Å². The fourth-order valence-electron chi connectivity index (χ4n) is 1.32. The molecule has 0 atom stereocenters. The number of benzene rings is 1. The summed E-state index contributed by atoms with van der Waals surface area (Å²) in [6, 6.07) is 9.04. The van der Waals surface area contributed by atoms with Gasteiger partial charge in [-0.05, 0) is 24.3 Å². The van der Waals surface area contributed by atoms with Crippen LogP contribution in [0.5, 0.6) is 0 Å². The van der Waals surface area contributed by atoms with Crippen LogP contribution in [0.25, 0.3) is 10.9 Å². The van der Waals surface area contributed by atoms with Crippen LogP contribution in [-0.4, -0.2) is 18.1 Å². The van der Waals surface area contributed by atoms with E-state index >= 15 is 0 Å². The second-order valence-electron chi connectivity index (χ2n) is 2.90. The van der Waals surface area contributed by atoms with Crippen LogP contribution in [0.1, 0.15) is 24.2 Å². The molecule has 0 fully saturated rings. The van der Waals surface area contributed by atoms with E-state index in [2.05, 4.69) is 9.72 Å². The Hall–Kier alpha value is -1.90. The number of esters is 1. The highest BCUT2D eigenvalue weighted by molar-refractivity contribution is 5.94. The van der Waals surface area contributed by atoms with Crippen molar-refractivity contribution in [3.8, 4) is 0 Å². The average molecular weight is 217 g/mol. The summed E-state index contributed by atoms with van der Waals surface area (Å²) in [6.07, 6.45) is 1.72. The summed E-state index contributed by atoms with van der Waals surface area (Å²) in [7, 11) is 1.37. The van der Waals surface area contributed by atoms with E-state index in [4.69, 9.17) is 0 Å². The molecule has 0 N–H and O–H groups in total. The summed E-state index contributed by atoms with van der Waals surface area (Å²) in [5, 5.41) is 0.940. The van der Waals surface area contributed by atoms with Gasteiger partial charge in [-0.25, -0.2) is 4.79 Å². The van der Waals surface area contributed by atoms with Crippen LogP contribution < -0.4 is 0 Å². The number of ether oxygens (including phenoxy) is 1. The molecule has 0 aliphatic rings. The minimum absolute atomic E-state index is 0.323. The SMILES string of the molecule is CC.COC(=O)c1ccc2ncccc2c1. The van der Waals surface area contributed by atoms with Gasteiger partial charge in [0.2, 0.25) is 0 Å². The molecule has 0 amide bonds. The number of pyridine rings is 1. The molecule has 0 saturated heterocycles. The number of rotatable bonds is 1. The quantitative estimate of drug-likeness (QED) is 0.689. The van der Waals surface area contributed by atoms with Crippen molar-refractivity contribution in [3.63, 3.8) is 0 Å². The predicted molar refractivity (Wildman–Crippen MR) is 64.4 cm³/mol. The fourth-order valence-corrected chi connectivity index (χ4v) is 1.32. The van der Waals surface area contributed by atoms with Gasteiger partial charge in [0.05, 0.1) is 18.2 Å². The molecule has 0 saturated carbocycles. The maximum absolute atomic E-state index is 11.2. The van der Waals surface area contributed by atoms with Gasteiger partial charge in [0.1, 0.15) is 0 Å². The highest BCUT2D eigenvalue weighted by atomic mass is 16.5. The first-order chi connectivity index (χ1) is 7.81. The summed E-state index contributed by atoms with van der Waals surface area (Å²) in [5.41, 5.74) is 1.42. The van der Waals surface area contributed by atoms with E-state index in [0.29, 0.717) is 5.56 Å². The average Bonchev–Trinajstić information content (AvgIpc) is 2.39. The van der Waals surface area contributed by atoms with Crippen LogP contribution in [0.15, 0.2) is 36.5 Å². The lowest BCUT2D eigenvalue weighted by molar-refractivity contribution is 0.0601. The number of hydrogen-bond acceptors (Lipinski definition) is 3. The summed E-state index contributed by atoms with van der Waals surface area (Å²) >= 11 is 0. The van der Waals surface area contributed by atoms with E-state index in [1.807, 2.05) is 32.0 Å². The second-order valence-corrected chi connectivity index (χ2v) is 2.90. The fraction of sp³-hybridized carbons (Fsp3) is 0.231. The lowest BCUT2D eigenvalue weighted by Gasteiger charge is -2.00. The number of fused-ring (bicyclic) bond motifs is 1. The summed E-state index contributed by atoms with van der Waals surface area (Å²) < 4.78 is 4.63. The second kappa shape index (κ2) is 5.85. The van der Waals surface area contributed by atoms with Crippen LogP contribution in [0.2, 0.25) is 0 Å². The number of nitrogens with zero attached hydrogens (tertiary/aromatic N) is 1. The number of methoxy groups -OCH3 is 1. The molecule has 3 nitrogen and oxygen atoms in total. The van der Waals surface area contributed by atoms with Crippen LogP contribution in [0.3, 0.4) is 0 Å². The third kappa shape index (κ3) is 2.57. The number of hydrogen-bond donors (Lipinski definition) is 0. The molecular formula is C13H15NO2. The Morgan fingerprint density at radius 1 is 1.25 bits per heavy atom. The molecule has 1 aromatic heterocycles. The van der Waals surface area contributed by atoms with Crippen molar-refractivity contribution >= 4 is 16.9 Å². The first-order valence-corrected chi connectivity index (χ1v) is 5.24. The molecule has 0 aliphatic carbocycles. The molecule has 0 unspecified atom stereocenters. The first-order valence-electron chi connectivity index (χ1n) is 5.24. The van der Waals surface area contributed by atoms with Crippen molar-refractivity contribution in [1.29, 1.82) is 0 Å². The van der Waals surface area contributed by atoms with Crippen LogP contribution in [0.4, 0.5) is 0 Å². The van der Waals surface area contributed by atoms with Crippen LogP contribution in [-0.2, 0) is 4.74 Å². The van der Waals surface area contributed by atoms with Gasteiger partial charge in [-0.3, -0.25) is 4.98 Å². The van der Waals surface area contributed by atoms with Gasteiger partial charge in [0.15, 0.2) is 0 Å². The molecule has 16 heavy (non-hydrogen) atoms. The van der Waals surface area contributed by atoms with Gasteiger partial charge in [0.25, 0.3) is 0 Å². The van der Waals surface area contributed by atoms with Crippen molar-refractivity contribution in [3.05, 3.63) is 42.1 Å². The zero-order valence-electron chi connectivity index (χ0n) is 9.73. The van der Waals surface area contributed by atoms with E-state index in [1.165, 1.54) is 7.11 Å². The predicted octanol–water partition coefficient (Wildman–Crippen LogP) is 3.05. The maximum atomic E-state index is 11.2. The molecule has 1 heterocycles. The molecule has 84 valence electrons. The zero-order valence-corrected chi connectivity index (χ0v) is 9.73. The summed E-state index contributed by atoms with van der Waals surface area (Å²) in [4.78, 5) is 15.4. The van der Waals surface area contributed by atoms with Gasteiger partial charge in [0, 0.05) is 11.6 Å². The van der Waals surface area contributed by atoms with Crippen molar-refractivity contribution in [2.75, 3.05) is 7.11 Å². The van der Waals surface area contributed by atoms with E-state index < -0.39 is 0 Å². The Labute approximate surface area is 95.1 Å². The molecule has 2 aromatic rings. The molecule has 0 aliphatic heterocycles. The largest absolute Gasteiger partial charge is 0.465 e. The van der Waals surface area contributed by atoms with Crippen molar-refractivity contribution in [1.82, 2.24) is 4.98 Å². The molecule has 1 aromatic carbocycles. The molecule has 0 spiro atoms. The van der Waals surface area contributed by atoms with E-state index in [1.54, 1.807) is 18.3 Å². The number of carbonyl (C=O) groups is 1. The van der Waals surface area contributed by atoms with Crippen molar-refractivity contribution in [2.24, 2.45) is 0 Å². The normalized spacial score (nSPS) is 9.19. The van der Waals surface area contributed by atoms with E-state index in [-0.39, 0.29) is 5.97 Å². The smallest absolute Gasteiger partial charge is 0.337 e. The molecule has 3 heteroatoms. The monoisotopic (exact) mass is 217 g/mol. The highest BCUT2D eigenvalue weighted by Crippen LogP contribution is 2.13. The Morgan fingerprint density at radius 3 is 2.69 bits per heavy atom. The Balaban J connectivity index is 0.000000606. The molecule has 0 radical (unpaired) electrons. The van der Waals surface area contributed by atoms with Gasteiger partial charge in [-0.15, -0.1) is 0 Å². The minimum atomic E-state index is -0.323. The van der Waals surface area contributed by atoms with Crippen molar-refractivity contribution < 1.29 is 9.53 Å². The van der Waals surface area contributed by atoms with Crippen molar-refractivity contribution in [2.45, 2.75) is 13.8 Å². The van der Waals surface area contributed by atoms with Gasteiger partial charge in [-0.2, -0.15) is 0 Å². The topological polar surface area (TPSA) is 39.2 Å². The summed E-state index contributed by atoms with van der Waals surface area (Å²) in [6.45, 7) is 4.00. The maximum Gasteiger partial charge on any atom is 0.337 e. The Bertz CT molecular complexity index is 480. The van der Waals surface area contributed by atoms with Crippen LogP contribution in [0, 0.1) is 0 Å². The number of carbonyl (C=O) groups excluding carboxylic acids is 1. The van der Waals surface area contributed by atoms with Gasteiger partial charge < -0.3 is 4.74 Å². The van der Waals surface area contributed by atoms with Gasteiger partial charge in [-0.1, -0.05) is 19.9 Å². The summed E-state index contributed by atoms with van der Waals surface area (Å²) in [5.74, 6) is -0.323. The Kier molecular flexibility index (Phi) is 4.45. The molecule has 0 bridgehead atoms. The van der Waals surface area contributed by atoms with E-state index in [9.17, 15) is 4.79 Å². The molecule has 2 rings (SSSR count). The zero-order chi connectivity index (χ0) is 12.0. The highest BCUT2D eigenvalue weighted by Gasteiger charge is 2.05. The standard InChI is InChI=1S/C11H9NO2.C2H6/c1-14-11(13)9-4-5-10-8(7-9)3-2-6-12-10;1-2/h2-7H,1H3;1-2H3. The third-order valence-corrected chi connectivity index (χ3v) is 2.02.